The lowest BCUT2D eigenvalue weighted by Gasteiger charge is -2.24. The quantitative estimate of drug-likeness (QED) is 0.789. The molecule has 0 aliphatic rings. The van der Waals surface area contributed by atoms with Crippen molar-refractivity contribution in [3.8, 4) is 5.75 Å². The molecule has 2 rings (SSSR count). The molecule has 0 aliphatic heterocycles. The summed E-state index contributed by atoms with van der Waals surface area (Å²) in [5, 5.41) is 24.5. The molecule has 4 nitrogen and oxygen atoms in total. The van der Waals surface area contributed by atoms with Crippen molar-refractivity contribution in [2.24, 2.45) is 5.92 Å². The van der Waals surface area contributed by atoms with E-state index >= 15 is 0 Å². The first-order chi connectivity index (χ1) is 9.91. The number of aliphatic carboxylic acids is 1. The van der Waals surface area contributed by atoms with Gasteiger partial charge >= 0.3 is 5.97 Å². The molecule has 21 heavy (non-hydrogen) atoms. The van der Waals surface area contributed by atoms with Crippen LogP contribution in [0.15, 0.2) is 36.4 Å². The Morgan fingerprint density at radius 2 is 1.76 bits per heavy atom. The maximum Gasteiger partial charge on any atom is 0.320 e. The first kappa shape index (κ1) is 15.3. The number of hydrogen-bond donors (Lipinski definition) is 3. The second kappa shape index (κ2) is 6.14. The van der Waals surface area contributed by atoms with Crippen molar-refractivity contribution in [2.75, 3.05) is 0 Å². The molecule has 0 aromatic heterocycles. The van der Waals surface area contributed by atoms with Crippen LogP contribution in [0.2, 0.25) is 0 Å². The van der Waals surface area contributed by atoms with Crippen molar-refractivity contribution in [3.63, 3.8) is 0 Å². The number of rotatable bonds is 5. The lowest BCUT2D eigenvalue weighted by Crippen LogP contribution is -2.42. The predicted molar refractivity (Wildman–Crippen MR) is 83.4 cm³/mol. The Bertz CT molecular complexity index is 652. The average Bonchev–Trinajstić information content (AvgIpc) is 2.44. The summed E-state index contributed by atoms with van der Waals surface area (Å²) in [6.07, 6.45) is 0. The Kier molecular flexibility index (Phi) is 4.48. The number of hydrogen-bond acceptors (Lipinski definition) is 3. The van der Waals surface area contributed by atoms with E-state index in [1.807, 2.05) is 57.2 Å². The zero-order valence-electron chi connectivity index (χ0n) is 12.5. The smallest absolute Gasteiger partial charge is 0.320 e. The van der Waals surface area contributed by atoms with Crippen molar-refractivity contribution in [2.45, 2.75) is 32.9 Å². The first-order valence-corrected chi connectivity index (χ1v) is 7.11. The molecule has 0 saturated heterocycles. The van der Waals surface area contributed by atoms with Crippen LogP contribution in [0.1, 0.15) is 32.4 Å². The van der Waals surface area contributed by atoms with E-state index in [0.717, 1.165) is 10.8 Å². The standard InChI is InChI=1S/C17H21NO3/c1-10(2)15(17(20)21)18-11(3)13-9-8-12-6-4-5-7-14(12)16(13)19/h4-11,15,18-19H,1-3H3,(H,20,21). The van der Waals surface area contributed by atoms with Gasteiger partial charge in [0.15, 0.2) is 0 Å². The number of nitrogens with one attached hydrogen (secondary N) is 1. The van der Waals surface area contributed by atoms with Crippen LogP contribution in [0.5, 0.6) is 5.75 Å². The van der Waals surface area contributed by atoms with Crippen LogP contribution >= 0.6 is 0 Å². The van der Waals surface area contributed by atoms with Gasteiger partial charge in [-0.05, 0) is 18.2 Å². The highest BCUT2D eigenvalue weighted by Crippen LogP contribution is 2.32. The Hall–Kier alpha value is -2.07. The lowest BCUT2D eigenvalue weighted by molar-refractivity contribution is -0.140. The van der Waals surface area contributed by atoms with Crippen LogP contribution in [-0.4, -0.2) is 22.2 Å². The molecule has 0 heterocycles. The fourth-order valence-corrected chi connectivity index (χ4v) is 2.53. The highest BCUT2D eigenvalue weighted by atomic mass is 16.4. The van der Waals surface area contributed by atoms with E-state index in [4.69, 9.17) is 0 Å². The zero-order valence-corrected chi connectivity index (χ0v) is 12.5. The Labute approximate surface area is 124 Å². The van der Waals surface area contributed by atoms with Gasteiger partial charge in [-0.3, -0.25) is 10.1 Å². The molecule has 2 atom stereocenters. The number of phenols is 1. The molecule has 0 amide bonds. The molecule has 0 saturated carbocycles. The number of carbonyl (C=O) groups is 1. The van der Waals surface area contributed by atoms with E-state index in [9.17, 15) is 15.0 Å². The van der Waals surface area contributed by atoms with Crippen LogP contribution in [0.25, 0.3) is 10.8 Å². The van der Waals surface area contributed by atoms with Gasteiger partial charge in [0.25, 0.3) is 0 Å². The fourth-order valence-electron chi connectivity index (χ4n) is 2.53. The minimum Gasteiger partial charge on any atom is -0.507 e. The molecule has 2 aromatic carbocycles. The molecule has 112 valence electrons. The molecule has 0 radical (unpaired) electrons. The molecule has 0 bridgehead atoms. The van der Waals surface area contributed by atoms with E-state index in [0.29, 0.717) is 5.56 Å². The number of carboxylic acids is 1. The van der Waals surface area contributed by atoms with E-state index < -0.39 is 12.0 Å². The summed E-state index contributed by atoms with van der Waals surface area (Å²) in [4.78, 5) is 11.3. The highest BCUT2D eigenvalue weighted by molar-refractivity contribution is 5.89. The van der Waals surface area contributed by atoms with Crippen LogP contribution in [-0.2, 0) is 4.79 Å². The van der Waals surface area contributed by atoms with Gasteiger partial charge in [-0.25, -0.2) is 0 Å². The minimum atomic E-state index is -0.878. The normalized spacial score (nSPS) is 14.3. The van der Waals surface area contributed by atoms with Crippen LogP contribution in [0.4, 0.5) is 0 Å². The lowest BCUT2D eigenvalue weighted by atomic mass is 9.98. The SMILES string of the molecule is CC(NC(C(=O)O)C(C)C)c1ccc2ccccc2c1O. The second-order valence-corrected chi connectivity index (χ2v) is 5.67. The Morgan fingerprint density at radius 1 is 1.10 bits per heavy atom. The number of benzene rings is 2. The van der Waals surface area contributed by atoms with Gasteiger partial charge in [-0.1, -0.05) is 50.2 Å². The van der Waals surface area contributed by atoms with Gasteiger partial charge in [-0.2, -0.15) is 0 Å². The van der Waals surface area contributed by atoms with Crippen molar-refractivity contribution in [1.82, 2.24) is 5.32 Å². The van der Waals surface area contributed by atoms with Crippen LogP contribution in [0, 0.1) is 5.92 Å². The summed E-state index contributed by atoms with van der Waals surface area (Å²) in [6, 6.07) is 10.5. The number of carboxylic acid groups (broad SMARTS) is 1. The van der Waals surface area contributed by atoms with E-state index in [1.54, 1.807) is 0 Å². The number of phenolic OH excluding ortho intramolecular Hbond substituents is 1. The second-order valence-electron chi connectivity index (χ2n) is 5.67. The van der Waals surface area contributed by atoms with Crippen molar-refractivity contribution < 1.29 is 15.0 Å². The molecule has 0 aliphatic carbocycles. The number of fused-ring (bicyclic) bond motifs is 1. The molecule has 2 aromatic rings. The van der Waals surface area contributed by atoms with Gasteiger partial charge in [0, 0.05) is 17.0 Å². The van der Waals surface area contributed by atoms with Gasteiger partial charge in [-0.15, -0.1) is 0 Å². The maximum atomic E-state index is 11.3. The summed E-state index contributed by atoms with van der Waals surface area (Å²) in [5.74, 6) is -0.703. The third-order valence-corrected chi connectivity index (χ3v) is 3.76. The third-order valence-electron chi connectivity index (χ3n) is 3.76. The highest BCUT2D eigenvalue weighted by Gasteiger charge is 2.24. The first-order valence-electron chi connectivity index (χ1n) is 7.11. The van der Waals surface area contributed by atoms with E-state index in [1.165, 1.54) is 0 Å². The maximum absolute atomic E-state index is 11.3. The van der Waals surface area contributed by atoms with Gasteiger partial charge < -0.3 is 10.2 Å². The predicted octanol–water partition coefficient (Wildman–Crippen LogP) is 3.31. The minimum absolute atomic E-state index is 0.0347. The molecule has 3 N–H and O–H groups in total. The van der Waals surface area contributed by atoms with Gasteiger partial charge in [0.2, 0.25) is 0 Å². The van der Waals surface area contributed by atoms with Gasteiger partial charge in [0.1, 0.15) is 11.8 Å². The summed E-state index contributed by atoms with van der Waals surface area (Å²) in [7, 11) is 0. The molecule has 4 heteroatoms. The monoisotopic (exact) mass is 287 g/mol. The summed E-state index contributed by atoms with van der Waals surface area (Å²) in [6.45, 7) is 5.58. The van der Waals surface area contributed by atoms with E-state index in [2.05, 4.69) is 5.32 Å². The largest absolute Gasteiger partial charge is 0.507 e. The summed E-state index contributed by atoms with van der Waals surface area (Å²) < 4.78 is 0. The van der Waals surface area contributed by atoms with Crippen molar-refractivity contribution in [3.05, 3.63) is 42.0 Å². The molecule has 2 unspecified atom stereocenters. The molecule has 0 fully saturated rings. The number of aromatic hydroxyl groups is 1. The topological polar surface area (TPSA) is 69.6 Å². The summed E-state index contributed by atoms with van der Waals surface area (Å²) in [5.41, 5.74) is 0.709. The van der Waals surface area contributed by atoms with Crippen molar-refractivity contribution in [1.29, 1.82) is 0 Å². The average molecular weight is 287 g/mol. The molecular weight excluding hydrogens is 266 g/mol. The fraction of sp³-hybridized carbons (Fsp3) is 0.353. The zero-order chi connectivity index (χ0) is 15.6. The summed E-state index contributed by atoms with van der Waals surface area (Å²) >= 11 is 0. The molecule has 0 spiro atoms. The van der Waals surface area contributed by atoms with Crippen LogP contribution in [0.3, 0.4) is 0 Å². The Balaban J connectivity index is 2.33. The van der Waals surface area contributed by atoms with Crippen LogP contribution < -0.4 is 5.32 Å². The van der Waals surface area contributed by atoms with E-state index in [-0.39, 0.29) is 17.7 Å². The Morgan fingerprint density at radius 3 is 2.38 bits per heavy atom. The van der Waals surface area contributed by atoms with Crippen molar-refractivity contribution >= 4 is 16.7 Å². The van der Waals surface area contributed by atoms with Gasteiger partial charge in [0.05, 0.1) is 0 Å². The molecular formula is C17H21NO3. The third kappa shape index (κ3) is 3.16.